The lowest BCUT2D eigenvalue weighted by molar-refractivity contribution is -0.0390. The molecule has 4 heteroatoms. The zero-order valence-electron chi connectivity index (χ0n) is 17.8. The molecular weight excluding hydrogens is 388 g/mol. The van der Waals surface area contributed by atoms with Crippen molar-refractivity contribution in [2.75, 3.05) is 13.9 Å². The van der Waals surface area contributed by atoms with Crippen LogP contribution < -0.4 is 0 Å². The number of aliphatic hydroxyl groups excluding tert-OH is 2. The number of rotatable bonds is 11. The number of benzene rings is 3. The van der Waals surface area contributed by atoms with Crippen molar-refractivity contribution in [1.29, 1.82) is 0 Å². The van der Waals surface area contributed by atoms with E-state index in [1.54, 1.807) is 7.11 Å². The van der Waals surface area contributed by atoms with Crippen LogP contribution in [0, 0.1) is 0 Å². The predicted octanol–water partition coefficient (Wildman–Crippen LogP) is 5.30. The normalized spacial score (nSPS) is 14.4. The van der Waals surface area contributed by atoms with Gasteiger partial charge in [0.05, 0.1) is 18.8 Å². The molecule has 0 aliphatic carbocycles. The summed E-state index contributed by atoms with van der Waals surface area (Å²) < 4.78 is 10.3. The van der Waals surface area contributed by atoms with Crippen molar-refractivity contribution in [3.63, 3.8) is 0 Å². The fraction of sp³-hybridized carbons (Fsp3) is 0.259. The van der Waals surface area contributed by atoms with Crippen molar-refractivity contribution in [3.05, 3.63) is 119 Å². The third-order valence-corrected chi connectivity index (χ3v) is 5.20. The van der Waals surface area contributed by atoms with Crippen LogP contribution in [-0.4, -0.2) is 24.1 Å². The lowest BCUT2D eigenvalue weighted by Gasteiger charge is -2.21. The zero-order chi connectivity index (χ0) is 21.9. The number of ether oxygens (including phenoxy) is 2. The Hall–Kier alpha value is -2.76. The monoisotopic (exact) mass is 418 g/mol. The van der Waals surface area contributed by atoms with Crippen molar-refractivity contribution < 1.29 is 19.7 Å². The highest BCUT2D eigenvalue weighted by Gasteiger charge is 2.20. The van der Waals surface area contributed by atoms with Gasteiger partial charge in [-0.3, -0.25) is 0 Å². The Morgan fingerprint density at radius 3 is 2.00 bits per heavy atom. The maximum atomic E-state index is 11.1. The summed E-state index contributed by atoms with van der Waals surface area (Å²) >= 11 is 0. The largest absolute Gasteiger partial charge is 0.388 e. The molecular formula is C27H30O4. The van der Waals surface area contributed by atoms with Crippen molar-refractivity contribution in [3.8, 4) is 0 Å². The van der Waals surface area contributed by atoms with Crippen molar-refractivity contribution in [2.45, 2.75) is 31.2 Å². The molecule has 0 radical (unpaired) electrons. The summed E-state index contributed by atoms with van der Waals surface area (Å²) in [5, 5.41) is 21.6. The average molecular weight is 419 g/mol. The van der Waals surface area contributed by atoms with Crippen LogP contribution in [0.15, 0.2) is 97.1 Å². The molecule has 3 aromatic carbocycles. The first-order valence-corrected chi connectivity index (χ1v) is 10.5. The minimum absolute atomic E-state index is 0.237. The minimum Gasteiger partial charge on any atom is -0.388 e. The van der Waals surface area contributed by atoms with Crippen LogP contribution in [0.3, 0.4) is 0 Å². The maximum absolute atomic E-state index is 11.1. The molecule has 0 aromatic heterocycles. The Labute approximate surface area is 184 Å². The van der Waals surface area contributed by atoms with Gasteiger partial charge in [-0.25, -0.2) is 0 Å². The minimum atomic E-state index is -0.693. The van der Waals surface area contributed by atoms with Crippen LogP contribution in [0.1, 0.15) is 46.8 Å². The summed E-state index contributed by atoms with van der Waals surface area (Å²) in [6.45, 7) is 0.725. The van der Waals surface area contributed by atoms with Gasteiger partial charge in [-0.05, 0) is 28.7 Å². The first-order valence-electron chi connectivity index (χ1n) is 10.5. The zero-order valence-corrected chi connectivity index (χ0v) is 17.8. The van der Waals surface area contributed by atoms with E-state index in [1.165, 1.54) is 0 Å². The second-order valence-corrected chi connectivity index (χ2v) is 7.47. The van der Waals surface area contributed by atoms with Crippen LogP contribution in [0.4, 0.5) is 0 Å². The topological polar surface area (TPSA) is 58.9 Å². The van der Waals surface area contributed by atoms with Gasteiger partial charge in [0.2, 0.25) is 0 Å². The van der Waals surface area contributed by atoms with Gasteiger partial charge >= 0.3 is 0 Å². The molecule has 4 nitrogen and oxygen atoms in total. The smallest absolute Gasteiger partial charge is 0.146 e. The van der Waals surface area contributed by atoms with Crippen LogP contribution in [0.2, 0.25) is 0 Å². The molecule has 0 fully saturated rings. The highest BCUT2D eigenvalue weighted by Crippen LogP contribution is 2.33. The van der Waals surface area contributed by atoms with E-state index in [4.69, 9.17) is 9.47 Å². The summed E-state index contributed by atoms with van der Waals surface area (Å²) in [5.41, 5.74) is 3.77. The van der Waals surface area contributed by atoms with E-state index >= 15 is 0 Å². The highest BCUT2D eigenvalue weighted by atomic mass is 16.7. The van der Waals surface area contributed by atoms with Gasteiger partial charge in [0.25, 0.3) is 0 Å². The molecule has 0 heterocycles. The van der Waals surface area contributed by atoms with Crippen molar-refractivity contribution in [1.82, 2.24) is 0 Å². The van der Waals surface area contributed by atoms with Gasteiger partial charge < -0.3 is 19.7 Å². The summed E-state index contributed by atoms with van der Waals surface area (Å²) in [4.78, 5) is 0. The lowest BCUT2D eigenvalue weighted by Crippen LogP contribution is -2.09. The SMILES string of the molecule is COCOCc1ccc(C(/C=C/CC(O)c2ccccc2)C(O)c2ccccc2)cc1. The van der Waals surface area contributed by atoms with E-state index in [-0.39, 0.29) is 12.7 Å². The third kappa shape index (κ3) is 6.88. The van der Waals surface area contributed by atoms with Crippen LogP contribution >= 0.6 is 0 Å². The Morgan fingerprint density at radius 2 is 1.39 bits per heavy atom. The molecule has 3 aromatic rings. The number of hydrogen-bond donors (Lipinski definition) is 2. The Balaban J connectivity index is 1.76. The highest BCUT2D eigenvalue weighted by molar-refractivity contribution is 5.32. The molecule has 162 valence electrons. The summed E-state index contributed by atoms with van der Waals surface area (Å²) in [6, 6.07) is 27.3. The molecule has 3 atom stereocenters. The first kappa shape index (κ1) is 22.9. The summed E-state index contributed by atoms with van der Waals surface area (Å²) in [6.07, 6.45) is 3.14. The molecule has 0 bridgehead atoms. The number of hydrogen-bond acceptors (Lipinski definition) is 4. The maximum Gasteiger partial charge on any atom is 0.146 e. The number of aliphatic hydroxyl groups is 2. The van der Waals surface area contributed by atoms with E-state index in [0.29, 0.717) is 13.0 Å². The summed E-state index contributed by atoms with van der Waals surface area (Å²) in [5.74, 6) is -0.237. The van der Waals surface area contributed by atoms with E-state index in [1.807, 2.05) is 97.1 Å². The van der Waals surface area contributed by atoms with Crippen molar-refractivity contribution >= 4 is 0 Å². The molecule has 0 saturated carbocycles. The predicted molar refractivity (Wildman–Crippen MR) is 122 cm³/mol. The Bertz CT molecular complexity index is 907. The molecule has 0 spiro atoms. The van der Waals surface area contributed by atoms with Gasteiger partial charge in [0.15, 0.2) is 0 Å². The van der Waals surface area contributed by atoms with E-state index in [0.717, 1.165) is 22.3 Å². The summed E-state index contributed by atoms with van der Waals surface area (Å²) in [7, 11) is 1.60. The second kappa shape index (κ2) is 12.2. The first-order chi connectivity index (χ1) is 15.2. The van der Waals surface area contributed by atoms with Crippen LogP contribution in [0.5, 0.6) is 0 Å². The van der Waals surface area contributed by atoms with Crippen LogP contribution in [-0.2, 0) is 16.1 Å². The Kier molecular flexibility index (Phi) is 9.00. The van der Waals surface area contributed by atoms with Gasteiger partial charge in [0.1, 0.15) is 6.79 Å². The molecule has 3 rings (SSSR count). The molecule has 2 N–H and O–H groups in total. The molecule has 3 unspecified atom stereocenters. The fourth-order valence-electron chi connectivity index (χ4n) is 3.50. The number of methoxy groups -OCH3 is 1. The van der Waals surface area contributed by atoms with E-state index < -0.39 is 12.2 Å². The fourth-order valence-corrected chi connectivity index (χ4v) is 3.50. The molecule has 0 aliphatic rings. The van der Waals surface area contributed by atoms with Crippen LogP contribution in [0.25, 0.3) is 0 Å². The second-order valence-electron chi connectivity index (χ2n) is 7.47. The third-order valence-electron chi connectivity index (χ3n) is 5.20. The quantitative estimate of drug-likeness (QED) is 0.252. The van der Waals surface area contributed by atoms with Gasteiger partial charge in [-0.2, -0.15) is 0 Å². The standard InChI is InChI=1S/C27H30O4/c1-30-20-31-19-21-15-17-22(18-16-21)25(27(29)24-11-6-3-7-12-24)13-8-14-26(28)23-9-4-2-5-10-23/h2-13,15-18,25-29H,14,19-20H2,1H3/b13-8+. The Morgan fingerprint density at radius 1 is 0.774 bits per heavy atom. The van der Waals surface area contributed by atoms with E-state index in [2.05, 4.69) is 0 Å². The molecule has 0 saturated heterocycles. The van der Waals surface area contributed by atoms with Gasteiger partial charge in [-0.1, -0.05) is 97.1 Å². The van der Waals surface area contributed by atoms with Gasteiger partial charge in [0, 0.05) is 13.0 Å². The van der Waals surface area contributed by atoms with Crippen molar-refractivity contribution in [2.24, 2.45) is 0 Å². The van der Waals surface area contributed by atoms with E-state index in [9.17, 15) is 10.2 Å². The average Bonchev–Trinajstić information content (AvgIpc) is 2.83. The van der Waals surface area contributed by atoms with Gasteiger partial charge in [-0.15, -0.1) is 0 Å². The molecule has 0 aliphatic heterocycles. The lowest BCUT2D eigenvalue weighted by atomic mass is 9.88. The molecule has 31 heavy (non-hydrogen) atoms. The molecule has 0 amide bonds.